The van der Waals surface area contributed by atoms with Crippen LogP contribution in [0.15, 0.2) is 27.4 Å². The molecule has 2 aromatic rings. The van der Waals surface area contributed by atoms with Crippen LogP contribution in [-0.4, -0.2) is 16.7 Å². The highest BCUT2D eigenvalue weighted by Gasteiger charge is 2.57. The van der Waals surface area contributed by atoms with Gasteiger partial charge in [-0.15, -0.1) is 0 Å². The molecule has 4 saturated carbocycles. The van der Waals surface area contributed by atoms with Crippen molar-refractivity contribution in [2.75, 3.05) is 0 Å². The topological polar surface area (TPSA) is 76.7 Å². The summed E-state index contributed by atoms with van der Waals surface area (Å²) in [6, 6.07) is 4.82. The highest BCUT2D eigenvalue weighted by atomic mass is 35.5. The molecule has 5 nitrogen and oxygen atoms in total. The zero-order chi connectivity index (χ0) is 20.4. The van der Waals surface area contributed by atoms with Gasteiger partial charge in [0.1, 0.15) is 12.2 Å². The maximum Gasteiger partial charge on any atom is 0.336 e. The Morgan fingerprint density at radius 2 is 1.97 bits per heavy atom. The molecule has 1 aromatic heterocycles. The van der Waals surface area contributed by atoms with Crippen molar-refractivity contribution in [1.29, 1.82) is 0 Å². The average molecular weight is 417 g/mol. The molecule has 0 spiro atoms. The highest BCUT2D eigenvalue weighted by molar-refractivity contribution is 6.32. The van der Waals surface area contributed by atoms with Crippen LogP contribution in [0.1, 0.15) is 56.1 Å². The van der Waals surface area contributed by atoms with Gasteiger partial charge in [0.25, 0.3) is 0 Å². The first-order valence-corrected chi connectivity index (χ1v) is 10.7. The van der Waals surface area contributed by atoms with Crippen molar-refractivity contribution in [2.45, 2.75) is 64.1 Å². The molecule has 4 bridgehead atoms. The van der Waals surface area contributed by atoms with Crippen LogP contribution in [0.25, 0.3) is 11.0 Å². The standard InChI is InChI=1S/C23H25ClO5/c1-13-2-19-17(5-18(13)24)16(4-20(25)29-19)11-28-21(26)10-22-6-14-3-15(7-22)9-23(27,8-14)12-22/h2,4-5,14-15,27H,3,6-12H2,1H3/t14-,15+,22?,23?. The molecule has 29 heavy (non-hydrogen) atoms. The number of fused-ring (bicyclic) bond motifs is 1. The number of halogens is 1. The molecule has 1 heterocycles. The Labute approximate surface area is 174 Å². The second kappa shape index (κ2) is 6.58. The summed E-state index contributed by atoms with van der Waals surface area (Å²) in [6.45, 7) is 1.85. The summed E-state index contributed by atoms with van der Waals surface area (Å²) in [5.41, 5.74) is 0.649. The minimum atomic E-state index is -0.590. The van der Waals surface area contributed by atoms with E-state index in [1.54, 1.807) is 12.1 Å². The van der Waals surface area contributed by atoms with Crippen LogP contribution in [0.5, 0.6) is 0 Å². The maximum absolute atomic E-state index is 12.7. The number of carbonyl (C=O) groups excluding carboxylic acids is 1. The molecule has 4 aliphatic rings. The van der Waals surface area contributed by atoms with Gasteiger partial charge in [-0.1, -0.05) is 11.6 Å². The van der Waals surface area contributed by atoms with E-state index in [4.69, 9.17) is 20.8 Å². The van der Waals surface area contributed by atoms with Gasteiger partial charge < -0.3 is 14.3 Å². The van der Waals surface area contributed by atoms with E-state index in [-0.39, 0.29) is 18.0 Å². The summed E-state index contributed by atoms with van der Waals surface area (Å²) in [4.78, 5) is 24.6. The Morgan fingerprint density at radius 3 is 2.66 bits per heavy atom. The molecule has 4 fully saturated rings. The number of hydrogen-bond acceptors (Lipinski definition) is 5. The summed E-state index contributed by atoms with van der Waals surface area (Å²) in [5, 5.41) is 12.1. The summed E-state index contributed by atoms with van der Waals surface area (Å²) >= 11 is 6.23. The number of carbonyl (C=O) groups is 1. The lowest BCUT2D eigenvalue weighted by atomic mass is 9.47. The Bertz CT molecular complexity index is 1040. The molecule has 154 valence electrons. The zero-order valence-electron chi connectivity index (χ0n) is 16.5. The Hall–Kier alpha value is -1.85. The largest absolute Gasteiger partial charge is 0.461 e. The maximum atomic E-state index is 12.7. The lowest BCUT2D eigenvalue weighted by Gasteiger charge is -2.60. The van der Waals surface area contributed by atoms with E-state index in [0.717, 1.165) is 31.2 Å². The Kier molecular flexibility index (Phi) is 4.34. The van der Waals surface area contributed by atoms with Crippen molar-refractivity contribution >= 4 is 28.5 Å². The molecule has 6 rings (SSSR count). The molecule has 1 N–H and O–H groups in total. The normalized spacial score (nSPS) is 32.7. The first kappa shape index (κ1) is 19.1. The van der Waals surface area contributed by atoms with Gasteiger partial charge in [-0.3, -0.25) is 4.79 Å². The fraction of sp³-hybridized carbons (Fsp3) is 0.565. The van der Waals surface area contributed by atoms with Gasteiger partial charge in [0.15, 0.2) is 0 Å². The number of rotatable bonds is 4. The van der Waals surface area contributed by atoms with Gasteiger partial charge in [-0.05, 0) is 80.4 Å². The van der Waals surface area contributed by atoms with Crippen LogP contribution in [0, 0.1) is 24.2 Å². The Balaban J connectivity index is 1.33. The minimum Gasteiger partial charge on any atom is -0.461 e. The van der Waals surface area contributed by atoms with Gasteiger partial charge >= 0.3 is 11.6 Å². The second-order valence-electron chi connectivity index (χ2n) is 9.71. The van der Waals surface area contributed by atoms with E-state index >= 15 is 0 Å². The van der Waals surface area contributed by atoms with Crippen LogP contribution < -0.4 is 5.63 Å². The predicted octanol–water partition coefficient (Wildman–Crippen LogP) is 4.52. The number of hydrogen-bond donors (Lipinski definition) is 1. The molecule has 0 amide bonds. The zero-order valence-corrected chi connectivity index (χ0v) is 17.3. The van der Waals surface area contributed by atoms with Crippen LogP contribution in [0.4, 0.5) is 0 Å². The molecule has 1 aromatic carbocycles. The number of esters is 1. The molecular weight excluding hydrogens is 392 g/mol. The third-order valence-electron chi connectivity index (χ3n) is 7.17. The molecule has 0 aliphatic heterocycles. The third-order valence-corrected chi connectivity index (χ3v) is 7.58. The predicted molar refractivity (Wildman–Crippen MR) is 109 cm³/mol. The summed E-state index contributed by atoms with van der Waals surface area (Å²) in [7, 11) is 0. The smallest absolute Gasteiger partial charge is 0.336 e. The summed E-state index contributed by atoms with van der Waals surface area (Å²) in [5.74, 6) is 0.791. The SMILES string of the molecule is Cc1cc2oc(=O)cc(COC(=O)CC34C[C@@H]5C[C@@H](CC(O)(C5)C3)C4)c2cc1Cl. The summed E-state index contributed by atoms with van der Waals surface area (Å²) < 4.78 is 10.9. The van der Waals surface area contributed by atoms with Crippen molar-refractivity contribution in [3.63, 3.8) is 0 Å². The minimum absolute atomic E-state index is 0.00747. The van der Waals surface area contributed by atoms with Crippen molar-refractivity contribution in [3.05, 3.63) is 44.8 Å². The first-order valence-electron chi connectivity index (χ1n) is 10.3. The van der Waals surface area contributed by atoms with E-state index in [1.807, 2.05) is 6.92 Å². The van der Waals surface area contributed by atoms with Crippen LogP contribution in [-0.2, 0) is 16.1 Å². The number of aryl methyl sites for hydroxylation is 1. The molecule has 0 radical (unpaired) electrons. The van der Waals surface area contributed by atoms with Crippen molar-refractivity contribution in [3.8, 4) is 0 Å². The van der Waals surface area contributed by atoms with E-state index in [0.29, 0.717) is 46.2 Å². The fourth-order valence-electron chi connectivity index (χ4n) is 6.59. The lowest BCUT2D eigenvalue weighted by Crippen LogP contribution is -2.56. The van der Waals surface area contributed by atoms with Gasteiger partial charge in [0.05, 0.1) is 12.0 Å². The highest BCUT2D eigenvalue weighted by Crippen LogP contribution is 2.62. The molecule has 2 unspecified atom stereocenters. The fourth-order valence-corrected chi connectivity index (χ4v) is 6.76. The quantitative estimate of drug-likeness (QED) is 0.585. The van der Waals surface area contributed by atoms with Gasteiger partial charge in [0, 0.05) is 22.0 Å². The summed E-state index contributed by atoms with van der Waals surface area (Å²) in [6.07, 6.45) is 6.00. The van der Waals surface area contributed by atoms with E-state index in [1.165, 1.54) is 12.5 Å². The van der Waals surface area contributed by atoms with Crippen LogP contribution in [0.3, 0.4) is 0 Å². The van der Waals surface area contributed by atoms with Crippen LogP contribution in [0.2, 0.25) is 5.02 Å². The van der Waals surface area contributed by atoms with E-state index in [2.05, 4.69) is 0 Å². The van der Waals surface area contributed by atoms with Gasteiger partial charge in [-0.25, -0.2) is 4.79 Å². The number of benzene rings is 1. The monoisotopic (exact) mass is 416 g/mol. The van der Waals surface area contributed by atoms with Gasteiger partial charge in [-0.2, -0.15) is 0 Å². The first-order chi connectivity index (χ1) is 13.7. The van der Waals surface area contributed by atoms with Crippen molar-refractivity contribution in [2.24, 2.45) is 17.3 Å². The molecular formula is C23H25ClO5. The Morgan fingerprint density at radius 1 is 1.24 bits per heavy atom. The second-order valence-corrected chi connectivity index (χ2v) is 10.1. The number of ether oxygens (including phenoxy) is 1. The molecule has 4 aliphatic carbocycles. The average Bonchev–Trinajstić information content (AvgIpc) is 2.58. The van der Waals surface area contributed by atoms with E-state index in [9.17, 15) is 14.7 Å². The lowest BCUT2D eigenvalue weighted by molar-refractivity contribution is -0.177. The molecule has 6 heteroatoms. The van der Waals surface area contributed by atoms with E-state index < -0.39 is 11.2 Å². The van der Waals surface area contributed by atoms with Crippen molar-refractivity contribution < 1.29 is 19.1 Å². The van der Waals surface area contributed by atoms with Crippen LogP contribution >= 0.6 is 11.6 Å². The third kappa shape index (κ3) is 3.49. The van der Waals surface area contributed by atoms with Gasteiger partial charge in [0.2, 0.25) is 0 Å². The molecule has 4 atom stereocenters. The molecule has 0 saturated heterocycles. The number of aliphatic hydroxyl groups is 1. The van der Waals surface area contributed by atoms with Crippen molar-refractivity contribution in [1.82, 2.24) is 0 Å².